The Labute approximate surface area is 154 Å². The summed E-state index contributed by atoms with van der Waals surface area (Å²) in [5, 5.41) is 14.7. The lowest BCUT2D eigenvalue weighted by Crippen LogP contribution is -2.39. The number of carboxylic acids is 1. The van der Waals surface area contributed by atoms with Gasteiger partial charge in [-0.2, -0.15) is 0 Å². The SMILES string of the molecule is CC1(C)Cc2c(sc(NC(=O)C(=O)NC[C@H]3CCCO3)c2C(=O)O)CO1. The summed E-state index contributed by atoms with van der Waals surface area (Å²) in [6, 6.07) is 0. The number of ether oxygens (including phenoxy) is 2. The maximum Gasteiger partial charge on any atom is 0.339 e. The predicted octanol–water partition coefficient (Wildman–Crippen LogP) is 1.53. The minimum Gasteiger partial charge on any atom is -0.478 e. The molecule has 2 amide bonds. The second-order valence-corrected chi connectivity index (χ2v) is 8.14. The zero-order valence-corrected chi connectivity index (χ0v) is 15.5. The van der Waals surface area contributed by atoms with Gasteiger partial charge in [0.25, 0.3) is 0 Å². The summed E-state index contributed by atoms with van der Waals surface area (Å²) in [5.41, 5.74) is 0.230. The quantitative estimate of drug-likeness (QED) is 0.681. The molecule has 1 aromatic heterocycles. The first-order valence-electron chi connectivity index (χ1n) is 8.49. The van der Waals surface area contributed by atoms with Crippen LogP contribution in [0.2, 0.25) is 0 Å². The first-order chi connectivity index (χ1) is 12.3. The summed E-state index contributed by atoms with van der Waals surface area (Å²) in [6.07, 6.45) is 2.14. The lowest BCUT2D eigenvalue weighted by atomic mass is 9.93. The number of carbonyl (C=O) groups excluding carboxylic acids is 2. The van der Waals surface area contributed by atoms with Crippen LogP contribution in [0.15, 0.2) is 0 Å². The van der Waals surface area contributed by atoms with Crippen LogP contribution >= 0.6 is 11.3 Å². The topological polar surface area (TPSA) is 114 Å². The number of hydrogen-bond acceptors (Lipinski definition) is 6. The molecule has 0 saturated carbocycles. The van der Waals surface area contributed by atoms with Crippen molar-refractivity contribution in [2.24, 2.45) is 0 Å². The van der Waals surface area contributed by atoms with Crippen LogP contribution in [0, 0.1) is 0 Å². The number of carbonyl (C=O) groups is 3. The van der Waals surface area contributed by atoms with E-state index >= 15 is 0 Å². The van der Waals surface area contributed by atoms with Crippen LogP contribution in [-0.2, 0) is 32.1 Å². The van der Waals surface area contributed by atoms with E-state index in [0.29, 0.717) is 18.6 Å². The first-order valence-corrected chi connectivity index (χ1v) is 9.31. The molecule has 1 fully saturated rings. The Balaban J connectivity index is 1.70. The average Bonchev–Trinajstić information content (AvgIpc) is 3.18. The van der Waals surface area contributed by atoms with Crippen molar-refractivity contribution in [3.8, 4) is 0 Å². The van der Waals surface area contributed by atoms with Gasteiger partial charge in [-0.1, -0.05) is 0 Å². The molecule has 3 heterocycles. The van der Waals surface area contributed by atoms with Crippen LogP contribution in [0.3, 0.4) is 0 Å². The van der Waals surface area contributed by atoms with Gasteiger partial charge in [0.15, 0.2) is 0 Å². The standard InChI is InChI=1S/C17H22N2O6S/c1-17(2)6-10-11(8-25-17)26-15(12(10)16(22)23)19-14(21)13(20)18-7-9-4-3-5-24-9/h9H,3-8H2,1-2H3,(H,18,20)(H,19,21)(H,22,23)/t9-/m1/s1. The number of carboxylic acid groups (broad SMARTS) is 1. The van der Waals surface area contributed by atoms with Gasteiger partial charge in [0.2, 0.25) is 0 Å². The average molecular weight is 382 g/mol. The number of fused-ring (bicyclic) bond motifs is 1. The van der Waals surface area contributed by atoms with Gasteiger partial charge < -0.3 is 25.2 Å². The third kappa shape index (κ3) is 4.05. The molecule has 2 aliphatic heterocycles. The van der Waals surface area contributed by atoms with Crippen LogP contribution in [-0.4, -0.2) is 47.7 Å². The number of amides is 2. The third-order valence-electron chi connectivity index (χ3n) is 4.45. The minimum absolute atomic E-state index is 0.0432. The van der Waals surface area contributed by atoms with Gasteiger partial charge in [0.05, 0.1) is 23.9 Å². The molecule has 142 valence electrons. The van der Waals surface area contributed by atoms with E-state index in [4.69, 9.17) is 9.47 Å². The minimum atomic E-state index is -1.13. The third-order valence-corrected chi connectivity index (χ3v) is 5.57. The predicted molar refractivity (Wildman–Crippen MR) is 94.5 cm³/mol. The van der Waals surface area contributed by atoms with Crippen LogP contribution in [0.25, 0.3) is 0 Å². The number of aromatic carboxylic acids is 1. The summed E-state index contributed by atoms with van der Waals surface area (Å²) in [6.45, 7) is 4.98. The van der Waals surface area contributed by atoms with Gasteiger partial charge >= 0.3 is 17.8 Å². The van der Waals surface area contributed by atoms with E-state index in [1.165, 1.54) is 0 Å². The molecule has 0 radical (unpaired) electrons. The highest BCUT2D eigenvalue weighted by Gasteiger charge is 2.34. The summed E-state index contributed by atoms with van der Waals surface area (Å²) < 4.78 is 11.1. The molecular formula is C17H22N2O6S. The fourth-order valence-corrected chi connectivity index (χ4v) is 4.24. The number of hydrogen-bond donors (Lipinski definition) is 3. The molecule has 0 aliphatic carbocycles. The molecular weight excluding hydrogens is 360 g/mol. The molecule has 3 rings (SSSR count). The zero-order chi connectivity index (χ0) is 18.9. The van der Waals surface area contributed by atoms with E-state index in [2.05, 4.69) is 10.6 Å². The van der Waals surface area contributed by atoms with Crippen LogP contribution in [0.1, 0.15) is 47.5 Å². The second kappa shape index (κ2) is 7.34. The lowest BCUT2D eigenvalue weighted by Gasteiger charge is -2.30. The Kier molecular flexibility index (Phi) is 5.31. The van der Waals surface area contributed by atoms with E-state index in [-0.39, 0.29) is 29.8 Å². The molecule has 1 atom stereocenters. The number of rotatable bonds is 4. The monoisotopic (exact) mass is 382 g/mol. The van der Waals surface area contributed by atoms with Gasteiger partial charge in [-0.15, -0.1) is 11.3 Å². The Bertz CT molecular complexity index is 736. The van der Waals surface area contributed by atoms with Crippen molar-refractivity contribution in [3.05, 3.63) is 16.0 Å². The molecule has 2 aliphatic rings. The highest BCUT2D eigenvalue weighted by Crippen LogP contribution is 2.40. The van der Waals surface area contributed by atoms with Gasteiger partial charge in [0, 0.05) is 24.4 Å². The van der Waals surface area contributed by atoms with Crippen molar-refractivity contribution in [3.63, 3.8) is 0 Å². The van der Waals surface area contributed by atoms with Crippen molar-refractivity contribution in [1.82, 2.24) is 5.32 Å². The summed E-state index contributed by atoms with van der Waals surface area (Å²) >= 11 is 1.14. The Morgan fingerprint density at radius 3 is 2.73 bits per heavy atom. The largest absolute Gasteiger partial charge is 0.478 e. The number of anilines is 1. The lowest BCUT2D eigenvalue weighted by molar-refractivity contribution is -0.136. The van der Waals surface area contributed by atoms with Crippen molar-refractivity contribution >= 4 is 34.1 Å². The first kappa shape index (κ1) is 18.8. The fraction of sp³-hybridized carbons (Fsp3) is 0.588. The maximum absolute atomic E-state index is 12.2. The maximum atomic E-state index is 12.2. The van der Waals surface area contributed by atoms with E-state index in [9.17, 15) is 19.5 Å². The smallest absolute Gasteiger partial charge is 0.339 e. The van der Waals surface area contributed by atoms with Crippen molar-refractivity contribution < 1.29 is 29.0 Å². The van der Waals surface area contributed by atoms with E-state index < -0.39 is 23.4 Å². The Morgan fingerprint density at radius 1 is 1.31 bits per heavy atom. The van der Waals surface area contributed by atoms with Gasteiger partial charge in [0.1, 0.15) is 5.00 Å². The molecule has 0 aromatic carbocycles. The van der Waals surface area contributed by atoms with Crippen LogP contribution < -0.4 is 10.6 Å². The highest BCUT2D eigenvalue weighted by atomic mass is 32.1. The molecule has 0 unspecified atom stereocenters. The number of nitrogens with one attached hydrogen (secondary N) is 2. The molecule has 3 N–H and O–H groups in total. The van der Waals surface area contributed by atoms with Crippen LogP contribution in [0.5, 0.6) is 0 Å². The molecule has 1 aromatic rings. The molecule has 8 nitrogen and oxygen atoms in total. The molecule has 0 spiro atoms. The number of thiophene rings is 1. The molecule has 26 heavy (non-hydrogen) atoms. The Hall–Kier alpha value is -1.97. The van der Waals surface area contributed by atoms with E-state index in [1.807, 2.05) is 13.8 Å². The summed E-state index contributed by atoms with van der Waals surface area (Å²) in [5.74, 6) is -2.82. The highest BCUT2D eigenvalue weighted by molar-refractivity contribution is 7.17. The van der Waals surface area contributed by atoms with Crippen LogP contribution in [0.4, 0.5) is 5.00 Å². The second-order valence-electron chi connectivity index (χ2n) is 7.04. The molecule has 9 heteroatoms. The zero-order valence-electron chi connectivity index (χ0n) is 14.7. The molecule has 1 saturated heterocycles. The summed E-state index contributed by atoms with van der Waals surface area (Å²) in [4.78, 5) is 36.6. The normalized spacial score (nSPS) is 21.1. The van der Waals surface area contributed by atoms with Gasteiger partial charge in [-0.3, -0.25) is 9.59 Å². The van der Waals surface area contributed by atoms with Crippen molar-refractivity contribution in [1.29, 1.82) is 0 Å². The summed E-state index contributed by atoms with van der Waals surface area (Å²) in [7, 11) is 0. The Morgan fingerprint density at radius 2 is 2.08 bits per heavy atom. The molecule has 0 bridgehead atoms. The van der Waals surface area contributed by atoms with Gasteiger partial charge in [-0.05, 0) is 32.3 Å². The van der Waals surface area contributed by atoms with Crippen molar-refractivity contribution in [2.45, 2.75) is 51.4 Å². The fourth-order valence-electron chi connectivity index (χ4n) is 3.12. The van der Waals surface area contributed by atoms with E-state index in [0.717, 1.165) is 29.1 Å². The van der Waals surface area contributed by atoms with Gasteiger partial charge in [-0.25, -0.2) is 4.79 Å². The van der Waals surface area contributed by atoms with Crippen molar-refractivity contribution in [2.75, 3.05) is 18.5 Å². The van der Waals surface area contributed by atoms with E-state index in [1.54, 1.807) is 0 Å².